The molecule has 6 rings (SSSR count). The second kappa shape index (κ2) is 6.15. The fourth-order valence-corrected chi connectivity index (χ4v) is 6.71. The average Bonchev–Trinajstić information content (AvgIpc) is 3.28. The van der Waals surface area contributed by atoms with E-state index in [4.69, 9.17) is 4.42 Å². The molecule has 4 saturated carbocycles. The largest absolute Gasteiger partial charge is 0.468 e. The number of nitrogens with zero attached hydrogens (tertiary/aromatic N) is 1. The number of carbonyl (C=O) groups is 1. The van der Waals surface area contributed by atoms with Gasteiger partial charge < -0.3 is 9.73 Å². The summed E-state index contributed by atoms with van der Waals surface area (Å²) < 4.78 is 5.70. The molecule has 0 radical (unpaired) electrons. The van der Waals surface area contributed by atoms with Crippen LogP contribution < -0.4 is 5.32 Å². The van der Waals surface area contributed by atoms with Crippen LogP contribution in [-0.2, 0) is 4.79 Å². The van der Waals surface area contributed by atoms with Crippen molar-refractivity contribution in [2.75, 3.05) is 19.6 Å². The summed E-state index contributed by atoms with van der Waals surface area (Å²) in [5.74, 6) is 3.78. The highest BCUT2D eigenvalue weighted by molar-refractivity contribution is 5.83. The van der Waals surface area contributed by atoms with Crippen LogP contribution in [0.1, 0.15) is 63.2 Å². The van der Waals surface area contributed by atoms with Crippen molar-refractivity contribution in [2.45, 2.75) is 57.4 Å². The van der Waals surface area contributed by atoms with Gasteiger partial charge in [-0.1, -0.05) is 0 Å². The highest BCUT2D eigenvalue weighted by Crippen LogP contribution is 2.60. The summed E-state index contributed by atoms with van der Waals surface area (Å²) in [6.45, 7) is 2.91. The van der Waals surface area contributed by atoms with Gasteiger partial charge in [-0.15, -0.1) is 0 Å². The summed E-state index contributed by atoms with van der Waals surface area (Å²) in [4.78, 5) is 15.7. The van der Waals surface area contributed by atoms with Gasteiger partial charge in [-0.25, -0.2) is 0 Å². The topological polar surface area (TPSA) is 45.5 Å². The second-order valence-electron chi connectivity index (χ2n) is 9.18. The maximum Gasteiger partial charge on any atom is 0.226 e. The number of likely N-dealkylation sites (tertiary alicyclic amines) is 1. The zero-order valence-electron chi connectivity index (χ0n) is 15.1. The standard InChI is InChI=1S/C21H30N2O2/c24-20(21-11-15-8-16(12-21)10-17(9-15)13-21)22-14-18(19-4-3-7-25-19)23-5-1-2-6-23/h3-4,7,15-18H,1-2,5-6,8-14H2,(H,22,24)/t15?,16?,17?,18-,21?/m0/s1. The summed E-state index contributed by atoms with van der Waals surface area (Å²) >= 11 is 0. The van der Waals surface area contributed by atoms with E-state index in [0.717, 1.165) is 55.9 Å². The molecular formula is C21H30N2O2. The maximum absolute atomic E-state index is 13.2. The molecule has 5 fully saturated rings. The Hall–Kier alpha value is -1.29. The van der Waals surface area contributed by atoms with E-state index < -0.39 is 0 Å². The lowest BCUT2D eigenvalue weighted by Gasteiger charge is -2.55. The Morgan fingerprint density at radius 3 is 2.36 bits per heavy atom. The van der Waals surface area contributed by atoms with Crippen molar-refractivity contribution in [1.29, 1.82) is 0 Å². The Kier molecular flexibility index (Phi) is 3.92. The first-order valence-electron chi connectivity index (χ1n) is 10.3. The number of nitrogens with one attached hydrogen (secondary N) is 1. The zero-order chi connectivity index (χ0) is 16.9. The lowest BCUT2D eigenvalue weighted by Crippen LogP contribution is -2.54. The number of carbonyl (C=O) groups excluding carboxylic acids is 1. The molecule has 4 nitrogen and oxygen atoms in total. The summed E-state index contributed by atoms with van der Waals surface area (Å²) in [6, 6.07) is 4.20. The van der Waals surface area contributed by atoms with Crippen LogP contribution in [0.4, 0.5) is 0 Å². The molecule has 4 heteroatoms. The van der Waals surface area contributed by atoms with Crippen LogP contribution >= 0.6 is 0 Å². The fraction of sp³-hybridized carbons (Fsp3) is 0.762. The van der Waals surface area contributed by atoms with Gasteiger partial charge in [0.15, 0.2) is 0 Å². The van der Waals surface area contributed by atoms with Crippen LogP contribution in [0.3, 0.4) is 0 Å². The summed E-state index contributed by atoms with van der Waals surface area (Å²) in [6.07, 6.45) is 11.8. The average molecular weight is 342 g/mol. The molecule has 4 bridgehead atoms. The number of hydrogen-bond acceptors (Lipinski definition) is 3. The van der Waals surface area contributed by atoms with Gasteiger partial charge >= 0.3 is 0 Å². The number of hydrogen-bond donors (Lipinski definition) is 1. The first kappa shape index (κ1) is 15.9. The van der Waals surface area contributed by atoms with Gasteiger partial charge in [-0.2, -0.15) is 0 Å². The molecular weight excluding hydrogens is 312 g/mol. The first-order chi connectivity index (χ1) is 12.2. The van der Waals surface area contributed by atoms with Crippen LogP contribution in [-0.4, -0.2) is 30.4 Å². The first-order valence-corrected chi connectivity index (χ1v) is 10.3. The molecule has 1 aliphatic heterocycles. The van der Waals surface area contributed by atoms with Crippen LogP contribution in [0.15, 0.2) is 22.8 Å². The molecule has 0 aromatic carbocycles. The van der Waals surface area contributed by atoms with Crippen molar-refractivity contribution in [3.05, 3.63) is 24.2 Å². The summed E-state index contributed by atoms with van der Waals surface area (Å²) in [5, 5.41) is 3.36. The smallest absolute Gasteiger partial charge is 0.226 e. The Balaban J connectivity index is 1.29. The molecule has 1 aromatic rings. The van der Waals surface area contributed by atoms with E-state index in [0.29, 0.717) is 12.5 Å². The van der Waals surface area contributed by atoms with Gasteiger partial charge in [0.05, 0.1) is 12.3 Å². The molecule has 4 aliphatic carbocycles. The summed E-state index contributed by atoms with van der Waals surface area (Å²) in [7, 11) is 0. The van der Waals surface area contributed by atoms with Crippen LogP contribution in [0.2, 0.25) is 0 Å². The van der Waals surface area contributed by atoms with E-state index in [1.165, 1.54) is 32.1 Å². The third kappa shape index (κ3) is 2.83. The molecule has 0 spiro atoms. The minimum absolute atomic E-state index is 0.0481. The van der Waals surface area contributed by atoms with Crippen LogP contribution in [0, 0.1) is 23.2 Å². The monoisotopic (exact) mass is 342 g/mol. The molecule has 136 valence electrons. The minimum atomic E-state index is -0.0481. The molecule has 1 atom stereocenters. The molecule has 2 heterocycles. The highest BCUT2D eigenvalue weighted by Gasteiger charge is 2.54. The molecule has 0 unspecified atom stereocenters. The molecule has 25 heavy (non-hydrogen) atoms. The van der Waals surface area contributed by atoms with E-state index in [-0.39, 0.29) is 11.5 Å². The van der Waals surface area contributed by atoms with Gasteiger partial charge in [-0.3, -0.25) is 9.69 Å². The van der Waals surface area contributed by atoms with E-state index in [2.05, 4.69) is 16.3 Å². The predicted molar refractivity (Wildman–Crippen MR) is 95.9 cm³/mol. The van der Waals surface area contributed by atoms with Gasteiger partial charge in [-0.05, 0) is 94.3 Å². The summed E-state index contributed by atoms with van der Waals surface area (Å²) in [5.41, 5.74) is -0.0481. The quantitative estimate of drug-likeness (QED) is 0.886. The second-order valence-corrected chi connectivity index (χ2v) is 9.18. The lowest BCUT2D eigenvalue weighted by molar-refractivity contribution is -0.146. The number of rotatable bonds is 5. The van der Waals surface area contributed by atoms with Gasteiger partial charge in [0, 0.05) is 12.0 Å². The molecule has 1 saturated heterocycles. The lowest BCUT2D eigenvalue weighted by atomic mass is 9.49. The normalized spacial score (nSPS) is 38.2. The SMILES string of the molecule is O=C(NC[C@@H](c1ccco1)N1CCCC1)C12CC3CC(CC(C3)C1)C2. The van der Waals surface area contributed by atoms with Crippen molar-refractivity contribution in [2.24, 2.45) is 23.2 Å². The Bertz CT molecular complexity index is 583. The van der Waals surface area contributed by atoms with Crippen molar-refractivity contribution < 1.29 is 9.21 Å². The molecule has 1 aromatic heterocycles. The van der Waals surface area contributed by atoms with Crippen LogP contribution in [0.25, 0.3) is 0 Å². The van der Waals surface area contributed by atoms with Crippen molar-refractivity contribution in [1.82, 2.24) is 10.2 Å². The van der Waals surface area contributed by atoms with Crippen LogP contribution in [0.5, 0.6) is 0 Å². The number of amides is 1. The van der Waals surface area contributed by atoms with E-state index in [9.17, 15) is 4.79 Å². The van der Waals surface area contributed by atoms with E-state index in [1.807, 2.05) is 6.07 Å². The predicted octanol–water partition coefficient (Wildman–Crippen LogP) is 3.75. The van der Waals surface area contributed by atoms with Gasteiger partial charge in [0.25, 0.3) is 0 Å². The van der Waals surface area contributed by atoms with Crippen molar-refractivity contribution in [3.8, 4) is 0 Å². The fourth-order valence-electron chi connectivity index (χ4n) is 6.71. The zero-order valence-corrected chi connectivity index (χ0v) is 15.1. The Morgan fingerprint density at radius 1 is 1.16 bits per heavy atom. The third-order valence-corrected chi connectivity index (χ3v) is 7.43. The third-order valence-electron chi connectivity index (χ3n) is 7.43. The molecule has 1 amide bonds. The van der Waals surface area contributed by atoms with Crippen molar-refractivity contribution >= 4 is 5.91 Å². The van der Waals surface area contributed by atoms with Crippen molar-refractivity contribution in [3.63, 3.8) is 0 Å². The Labute approximate surface area is 150 Å². The van der Waals surface area contributed by atoms with Gasteiger partial charge in [0.1, 0.15) is 5.76 Å². The molecule has 5 aliphatic rings. The van der Waals surface area contributed by atoms with Gasteiger partial charge in [0.2, 0.25) is 5.91 Å². The molecule has 1 N–H and O–H groups in total. The Morgan fingerprint density at radius 2 is 1.80 bits per heavy atom. The maximum atomic E-state index is 13.2. The van der Waals surface area contributed by atoms with E-state index >= 15 is 0 Å². The highest BCUT2D eigenvalue weighted by atomic mass is 16.3. The minimum Gasteiger partial charge on any atom is -0.468 e. The van der Waals surface area contributed by atoms with E-state index in [1.54, 1.807) is 6.26 Å². The number of furan rings is 1.